The third-order valence-electron chi connectivity index (χ3n) is 4.15. The number of imidazole rings is 1. The average Bonchev–Trinajstić information content (AvgIpc) is 3.15. The summed E-state index contributed by atoms with van der Waals surface area (Å²) in [7, 11) is 1.49. The Morgan fingerprint density at radius 3 is 2.84 bits per heavy atom. The Kier molecular flexibility index (Phi) is 8.21. The number of hydrogen-bond donors (Lipinski definition) is 5. The maximum Gasteiger partial charge on any atom is 0.321 e. The third kappa shape index (κ3) is 6.10. The number of nitrogens with zero attached hydrogens (tertiary/aromatic N) is 2. The number of ether oxygens (including phenoxy) is 1. The number of H-pyrrole nitrogens is 1. The molecule has 2 rings (SSSR count). The number of nitrogens with one attached hydrogen (secondary N) is 3. The molecule has 0 spiro atoms. The zero-order chi connectivity index (χ0) is 22.8. The molecule has 2 aromatic rings. The van der Waals surface area contributed by atoms with Crippen LogP contribution < -0.4 is 22.1 Å². The molecule has 0 saturated heterocycles. The fourth-order valence-electron chi connectivity index (χ4n) is 2.69. The van der Waals surface area contributed by atoms with Gasteiger partial charge in [-0.2, -0.15) is 0 Å². The first-order valence-electron chi connectivity index (χ1n) is 9.45. The first-order chi connectivity index (χ1) is 14.9. The summed E-state index contributed by atoms with van der Waals surface area (Å²) in [6, 6.07) is 3.44. The van der Waals surface area contributed by atoms with Gasteiger partial charge in [-0.3, -0.25) is 5.32 Å². The molecule has 0 saturated carbocycles. The smallest absolute Gasteiger partial charge is 0.321 e. The number of benzene rings is 1. The van der Waals surface area contributed by atoms with Crippen LogP contribution in [0.25, 0.3) is 22.2 Å². The van der Waals surface area contributed by atoms with Gasteiger partial charge in [0.05, 0.1) is 24.5 Å². The third-order valence-corrected chi connectivity index (χ3v) is 4.15. The van der Waals surface area contributed by atoms with Crippen LogP contribution in [-0.4, -0.2) is 36.0 Å². The molecule has 0 bridgehead atoms. The zero-order valence-electron chi connectivity index (χ0n) is 17.6. The summed E-state index contributed by atoms with van der Waals surface area (Å²) < 4.78 is 4.92. The van der Waals surface area contributed by atoms with E-state index in [4.69, 9.17) is 16.2 Å². The fourth-order valence-corrected chi connectivity index (χ4v) is 2.69. The molecule has 0 aliphatic carbocycles. The van der Waals surface area contributed by atoms with Crippen molar-refractivity contribution in [2.24, 2.45) is 16.5 Å². The van der Waals surface area contributed by atoms with Gasteiger partial charge >= 0.3 is 6.03 Å². The molecule has 0 aliphatic heterocycles. The molecule has 9 heteroatoms. The van der Waals surface area contributed by atoms with Gasteiger partial charge < -0.3 is 26.5 Å². The number of aromatic nitrogens is 2. The lowest BCUT2D eigenvalue weighted by Crippen LogP contribution is -2.28. The standard InChI is InChI=1S/C22H27N7O2/c1-5-15(12-25-13-23)16-10-17(14(3)8-7-9-19(24)31-4)20-18(11-16)27-21(28-20)29-22(30)26-6-2/h5,7-13H,1,3,6,24H2,2,4H3,(H2,23,25)(H3,26,27,28,29,30)/b8-7-,15-12+,19-9+. The van der Waals surface area contributed by atoms with Gasteiger partial charge in [0.25, 0.3) is 0 Å². The van der Waals surface area contributed by atoms with Crippen LogP contribution in [0, 0.1) is 0 Å². The van der Waals surface area contributed by atoms with Gasteiger partial charge in [-0.1, -0.05) is 31.4 Å². The topological polar surface area (TPSA) is 143 Å². The maximum absolute atomic E-state index is 11.9. The highest BCUT2D eigenvalue weighted by molar-refractivity contribution is 5.97. The highest BCUT2D eigenvalue weighted by atomic mass is 16.5. The number of aliphatic imine (C=N–C) groups is 1. The molecule has 162 valence electrons. The van der Waals surface area contributed by atoms with E-state index in [0.717, 1.165) is 16.7 Å². The van der Waals surface area contributed by atoms with E-state index in [1.807, 2.05) is 19.1 Å². The van der Waals surface area contributed by atoms with E-state index in [1.165, 1.54) is 13.4 Å². The lowest BCUT2D eigenvalue weighted by atomic mass is 9.98. The van der Waals surface area contributed by atoms with Gasteiger partial charge in [-0.25, -0.2) is 14.8 Å². The number of allylic oxidation sites excluding steroid dienone is 6. The molecule has 7 N–H and O–H groups in total. The molecule has 31 heavy (non-hydrogen) atoms. The number of amides is 2. The number of nitrogens with two attached hydrogens (primary N) is 2. The normalized spacial score (nSPS) is 12.5. The monoisotopic (exact) mass is 421 g/mol. The van der Waals surface area contributed by atoms with Crippen LogP contribution in [0.5, 0.6) is 0 Å². The van der Waals surface area contributed by atoms with Crippen molar-refractivity contribution in [3.05, 3.63) is 72.8 Å². The predicted octanol–water partition coefficient (Wildman–Crippen LogP) is 3.23. The molecule has 2 amide bonds. The van der Waals surface area contributed by atoms with Crippen molar-refractivity contribution < 1.29 is 9.53 Å². The number of hydrogen-bond acceptors (Lipinski definition) is 5. The number of fused-ring (bicyclic) bond motifs is 1. The maximum atomic E-state index is 11.9. The van der Waals surface area contributed by atoms with Crippen molar-refractivity contribution in [1.29, 1.82) is 0 Å². The highest BCUT2D eigenvalue weighted by Gasteiger charge is 2.13. The Hall–Kier alpha value is -4.27. The largest absolute Gasteiger partial charge is 0.483 e. The summed E-state index contributed by atoms with van der Waals surface area (Å²) in [6.07, 6.45) is 9.59. The Morgan fingerprint density at radius 1 is 1.42 bits per heavy atom. The minimum absolute atomic E-state index is 0.271. The average molecular weight is 422 g/mol. The van der Waals surface area contributed by atoms with E-state index in [0.29, 0.717) is 29.1 Å². The van der Waals surface area contributed by atoms with Crippen molar-refractivity contribution in [2.45, 2.75) is 6.92 Å². The minimum Gasteiger partial charge on any atom is -0.483 e. The van der Waals surface area contributed by atoms with Crippen molar-refractivity contribution in [3.63, 3.8) is 0 Å². The van der Waals surface area contributed by atoms with E-state index < -0.39 is 0 Å². The summed E-state index contributed by atoms with van der Waals surface area (Å²) in [6.45, 7) is 10.3. The van der Waals surface area contributed by atoms with Crippen molar-refractivity contribution >= 4 is 40.5 Å². The van der Waals surface area contributed by atoms with Crippen LogP contribution in [-0.2, 0) is 4.74 Å². The molecule has 0 atom stereocenters. The molecule has 1 aromatic carbocycles. The molecular formula is C22H27N7O2. The van der Waals surface area contributed by atoms with E-state index in [-0.39, 0.29) is 11.9 Å². The summed E-state index contributed by atoms with van der Waals surface area (Å²) >= 11 is 0. The first kappa shape index (κ1) is 23.0. The SMILES string of the molecule is C=C/C(=C\N=CN)c1cc(C(=C)/C=C\C=C(/N)OC)c2nc(NC(=O)NCC)[nH]c2c1. The van der Waals surface area contributed by atoms with Crippen LogP contribution in [0.2, 0.25) is 0 Å². The summed E-state index contributed by atoms with van der Waals surface area (Å²) in [5.41, 5.74) is 15.3. The molecule has 0 unspecified atom stereocenters. The quantitative estimate of drug-likeness (QED) is 0.183. The predicted molar refractivity (Wildman–Crippen MR) is 127 cm³/mol. The van der Waals surface area contributed by atoms with Crippen molar-refractivity contribution in [2.75, 3.05) is 19.0 Å². The molecule has 0 aliphatic rings. The van der Waals surface area contributed by atoms with Crippen LogP contribution in [0.3, 0.4) is 0 Å². The molecule has 0 radical (unpaired) electrons. The van der Waals surface area contributed by atoms with Crippen molar-refractivity contribution in [3.8, 4) is 0 Å². The minimum atomic E-state index is -0.355. The van der Waals surface area contributed by atoms with Crippen LogP contribution in [0.1, 0.15) is 18.1 Å². The van der Waals surface area contributed by atoms with Gasteiger partial charge in [0.15, 0.2) is 5.88 Å². The van der Waals surface area contributed by atoms with Gasteiger partial charge in [0.1, 0.15) is 0 Å². The van der Waals surface area contributed by atoms with Gasteiger partial charge in [0, 0.05) is 18.3 Å². The number of anilines is 1. The van der Waals surface area contributed by atoms with Gasteiger partial charge in [-0.05, 0) is 41.8 Å². The number of rotatable bonds is 9. The number of urea groups is 1. The molecule has 1 aromatic heterocycles. The summed E-state index contributed by atoms with van der Waals surface area (Å²) in [5, 5.41) is 5.34. The van der Waals surface area contributed by atoms with Crippen LogP contribution >= 0.6 is 0 Å². The summed E-state index contributed by atoms with van der Waals surface area (Å²) in [4.78, 5) is 23.5. The van der Waals surface area contributed by atoms with E-state index in [1.54, 1.807) is 30.5 Å². The second-order valence-corrected chi connectivity index (χ2v) is 6.23. The van der Waals surface area contributed by atoms with E-state index in [9.17, 15) is 4.79 Å². The second-order valence-electron chi connectivity index (χ2n) is 6.23. The van der Waals surface area contributed by atoms with Crippen molar-refractivity contribution in [1.82, 2.24) is 15.3 Å². The second kappa shape index (κ2) is 11.1. The Morgan fingerprint density at radius 2 is 2.19 bits per heavy atom. The Bertz CT molecular complexity index is 1090. The van der Waals surface area contributed by atoms with E-state index in [2.05, 4.69) is 38.8 Å². The summed E-state index contributed by atoms with van der Waals surface area (Å²) in [5.74, 6) is 0.580. The number of aromatic amines is 1. The van der Waals surface area contributed by atoms with Gasteiger partial charge in [-0.15, -0.1) is 0 Å². The first-order valence-corrected chi connectivity index (χ1v) is 9.45. The van der Waals surface area contributed by atoms with Crippen LogP contribution in [0.15, 0.2) is 66.7 Å². The van der Waals surface area contributed by atoms with Crippen LogP contribution in [0.4, 0.5) is 10.7 Å². The zero-order valence-corrected chi connectivity index (χ0v) is 17.6. The lowest BCUT2D eigenvalue weighted by Gasteiger charge is -2.08. The number of carbonyl (C=O) groups is 1. The molecule has 1 heterocycles. The number of carbonyl (C=O) groups excluding carboxylic acids is 1. The lowest BCUT2D eigenvalue weighted by molar-refractivity contribution is 0.252. The van der Waals surface area contributed by atoms with E-state index >= 15 is 0 Å². The number of methoxy groups -OCH3 is 1. The Balaban J connectivity index is 2.59. The fraction of sp³-hybridized carbons (Fsp3) is 0.136. The Labute approximate surface area is 181 Å². The molecule has 9 nitrogen and oxygen atoms in total. The molecule has 0 fully saturated rings. The highest BCUT2D eigenvalue weighted by Crippen LogP contribution is 2.30. The van der Waals surface area contributed by atoms with Gasteiger partial charge in [0.2, 0.25) is 5.95 Å². The molecular weight excluding hydrogens is 394 g/mol.